The van der Waals surface area contributed by atoms with E-state index in [9.17, 15) is 0 Å². The maximum absolute atomic E-state index is 5.99. The monoisotopic (exact) mass is 452 g/mol. The van der Waals surface area contributed by atoms with Gasteiger partial charge in [0.2, 0.25) is 5.95 Å². The summed E-state index contributed by atoms with van der Waals surface area (Å²) in [5, 5.41) is 3.95. The molecule has 0 saturated heterocycles. The van der Waals surface area contributed by atoms with Gasteiger partial charge in [-0.1, -0.05) is 18.2 Å². The lowest BCUT2D eigenvalue weighted by atomic mass is 10.2. The van der Waals surface area contributed by atoms with Gasteiger partial charge in [0, 0.05) is 29.5 Å². The van der Waals surface area contributed by atoms with Crippen molar-refractivity contribution in [3.05, 3.63) is 65.9 Å². The van der Waals surface area contributed by atoms with Gasteiger partial charge in [-0.05, 0) is 37.6 Å². The minimum Gasteiger partial charge on any atom is -0.494 e. The lowest BCUT2D eigenvalue weighted by molar-refractivity contribution is 0.305. The average molecular weight is 453 g/mol. The predicted octanol–water partition coefficient (Wildman–Crippen LogP) is 4.62. The number of nitrogens with zero attached hydrogens (tertiary/aromatic N) is 5. The topological polar surface area (TPSA) is 77.3 Å². The maximum Gasteiger partial charge on any atom is 0.229 e. The zero-order valence-electron chi connectivity index (χ0n) is 18.3. The lowest BCUT2D eigenvalue weighted by Gasteiger charge is -2.30. The van der Waals surface area contributed by atoms with Crippen LogP contribution in [0.25, 0.3) is 5.69 Å². The number of benzene rings is 1. The van der Waals surface area contributed by atoms with Gasteiger partial charge in [-0.15, -0.1) is 0 Å². The van der Waals surface area contributed by atoms with Crippen molar-refractivity contribution in [2.75, 3.05) is 37.0 Å². The molecule has 0 fully saturated rings. The van der Waals surface area contributed by atoms with Crippen LogP contribution in [-0.2, 0) is 0 Å². The molecule has 1 aromatic carbocycles. The van der Waals surface area contributed by atoms with E-state index in [0.717, 1.165) is 22.6 Å². The molecule has 3 heterocycles. The Morgan fingerprint density at radius 3 is 2.94 bits per heavy atom. The second kappa shape index (κ2) is 9.32. The number of hydrogen-bond donors (Lipinski definition) is 1. The first-order valence-corrected chi connectivity index (χ1v) is 10.5. The molecule has 166 valence electrons. The molecule has 9 heteroatoms. The third-order valence-corrected chi connectivity index (χ3v) is 4.99. The van der Waals surface area contributed by atoms with Gasteiger partial charge in [0.25, 0.3) is 0 Å². The molecular weight excluding hydrogens is 428 g/mol. The summed E-state index contributed by atoms with van der Waals surface area (Å²) >= 11 is 5.99. The van der Waals surface area contributed by atoms with E-state index in [1.807, 2.05) is 48.9 Å². The highest BCUT2D eigenvalue weighted by atomic mass is 35.5. The first kappa shape index (κ1) is 21.7. The van der Waals surface area contributed by atoms with E-state index in [-0.39, 0.29) is 0 Å². The van der Waals surface area contributed by atoms with Crippen LogP contribution < -0.4 is 19.7 Å². The van der Waals surface area contributed by atoms with Crippen molar-refractivity contribution in [1.29, 1.82) is 0 Å². The number of aryl methyl sites for hydroxylation is 1. The Labute approximate surface area is 192 Å². The summed E-state index contributed by atoms with van der Waals surface area (Å²) in [6.07, 6.45) is 7.24. The zero-order valence-corrected chi connectivity index (χ0v) is 19.1. The second-order valence-corrected chi connectivity index (χ2v) is 8.07. The fraction of sp³-hybridized carbons (Fsp3) is 0.261. The Balaban J connectivity index is 1.57. The van der Waals surface area contributed by atoms with Crippen LogP contribution in [0.3, 0.4) is 0 Å². The van der Waals surface area contributed by atoms with Gasteiger partial charge in [-0.2, -0.15) is 4.98 Å². The molecule has 0 saturated carbocycles. The molecule has 1 N–H and O–H groups in total. The van der Waals surface area contributed by atoms with Crippen LogP contribution in [0, 0.1) is 6.92 Å². The van der Waals surface area contributed by atoms with E-state index in [4.69, 9.17) is 21.1 Å². The molecule has 0 atom stereocenters. The molecule has 1 aliphatic heterocycles. The number of ether oxygens (including phenoxy) is 2. The van der Waals surface area contributed by atoms with E-state index in [0.29, 0.717) is 48.0 Å². The molecule has 4 rings (SSSR count). The fourth-order valence-corrected chi connectivity index (χ4v) is 3.65. The largest absolute Gasteiger partial charge is 0.494 e. The Kier molecular flexibility index (Phi) is 6.32. The molecule has 0 unspecified atom stereocenters. The van der Waals surface area contributed by atoms with Crippen molar-refractivity contribution >= 4 is 29.1 Å². The number of rotatable bonds is 7. The predicted molar refractivity (Wildman–Crippen MR) is 127 cm³/mol. The first-order chi connectivity index (χ1) is 15.4. The molecule has 3 aromatic rings. The minimum atomic E-state index is 0.460. The molecule has 0 amide bonds. The number of nitrogens with one attached hydrogen (secondary N) is 1. The molecule has 8 nitrogen and oxygen atoms in total. The van der Waals surface area contributed by atoms with E-state index in [2.05, 4.69) is 31.7 Å². The van der Waals surface area contributed by atoms with Crippen LogP contribution in [0.4, 0.5) is 17.5 Å². The lowest BCUT2D eigenvalue weighted by Crippen LogP contribution is -2.35. The number of hydrogen-bond acceptors (Lipinski definition) is 7. The highest BCUT2D eigenvalue weighted by Gasteiger charge is 2.21. The van der Waals surface area contributed by atoms with Gasteiger partial charge in [-0.3, -0.25) is 0 Å². The SMILES string of the molecule is C=C(/C=C(\C)Cl)CN1CCOc2cnc(Nc3ccc(-n4cnc(C)c4)c(OC)c3)nc21. The van der Waals surface area contributed by atoms with Crippen LogP contribution >= 0.6 is 11.6 Å². The second-order valence-electron chi connectivity index (χ2n) is 7.47. The van der Waals surface area contributed by atoms with Crippen LogP contribution in [0.5, 0.6) is 11.5 Å². The average Bonchev–Trinajstić information content (AvgIpc) is 3.19. The van der Waals surface area contributed by atoms with Gasteiger partial charge < -0.3 is 24.3 Å². The van der Waals surface area contributed by atoms with Crippen molar-refractivity contribution < 1.29 is 9.47 Å². The standard InChI is InChI=1S/C23H25ClN6O2/c1-15(9-16(2)24)12-29-7-8-32-21-11-25-23(28-22(21)29)27-18-5-6-19(20(10-18)31-4)30-13-17(3)26-14-30/h5-6,9-11,13-14H,1,7-8,12H2,2-4H3,(H,25,27,28)/b16-9+. The van der Waals surface area contributed by atoms with Crippen molar-refractivity contribution in [3.8, 4) is 17.2 Å². The number of imidazole rings is 1. The number of anilines is 3. The van der Waals surface area contributed by atoms with Gasteiger partial charge in [0.1, 0.15) is 12.4 Å². The van der Waals surface area contributed by atoms with E-state index in [1.54, 1.807) is 19.6 Å². The highest BCUT2D eigenvalue weighted by molar-refractivity contribution is 6.29. The molecule has 1 aliphatic rings. The normalized spacial score (nSPS) is 13.4. The molecule has 2 aromatic heterocycles. The summed E-state index contributed by atoms with van der Waals surface area (Å²) in [7, 11) is 1.64. The molecule has 0 aliphatic carbocycles. The maximum atomic E-state index is 5.99. The van der Waals surface area contributed by atoms with Crippen LogP contribution in [0.1, 0.15) is 12.6 Å². The summed E-state index contributed by atoms with van der Waals surface area (Å²) in [6.45, 7) is 9.72. The summed E-state index contributed by atoms with van der Waals surface area (Å²) in [6, 6.07) is 5.80. The molecule has 32 heavy (non-hydrogen) atoms. The van der Waals surface area contributed by atoms with Crippen molar-refractivity contribution in [3.63, 3.8) is 0 Å². The third kappa shape index (κ3) is 4.86. The number of halogens is 1. The quantitative estimate of drug-likeness (QED) is 0.524. The van der Waals surface area contributed by atoms with E-state index < -0.39 is 0 Å². The van der Waals surface area contributed by atoms with Crippen LogP contribution in [-0.4, -0.2) is 46.3 Å². The van der Waals surface area contributed by atoms with Gasteiger partial charge in [0.15, 0.2) is 11.6 Å². The van der Waals surface area contributed by atoms with Crippen molar-refractivity contribution in [2.24, 2.45) is 0 Å². The third-order valence-electron chi connectivity index (χ3n) is 4.88. The summed E-state index contributed by atoms with van der Waals surface area (Å²) in [5.41, 5.74) is 3.53. The van der Waals surface area contributed by atoms with E-state index in [1.165, 1.54) is 0 Å². The van der Waals surface area contributed by atoms with Gasteiger partial charge in [0.05, 0.1) is 37.6 Å². The number of methoxy groups -OCH3 is 1. The Morgan fingerprint density at radius 1 is 1.38 bits per heavy atom. The number of aromatic nitrogens is 4. The van der Waals surface area contributed by atoms with Crippen LogP contribution in [0.2, 0.25) is 0 Å². The zero-order chi connectivity index (χ0) is 22.7. The van der Waals surface area contributed by atoms with Gasteiger partial charge in [-0.25, -0.2) is 9.97 Å². The van der Waals surface area contributed by atoms with Crippen molar-refractivity contribution in [2.45, 2.75) is 13.8 Å². The number of allylic oxidation sites excluding steroid dienone is 1. The molecule has 0 bridgehead atoms. The fourth-order valence-electron chi connectivity index (χ4n) is 3.50. The van der Waals surface area contributed by atoms with Crippen molar-refractivity contribution in [1.82, 2.24) is 19.5 Å². The number of fused-ring (bicyclic) bond motifs is 1. The molecule has 0 spiro atoms. The first-order valence-electron chi connectivity index (χ1n) is 10.2. The highest BCUT2D eigenvalue weighted by Crippen LogP contribution is 2.32. The molecular formula is C23H25ClN6O2. The summed E-state index contributed by atoms with van der Waals surface area (Å²) < 4.78 is 13.2. The Hall–Kier alpha value is -3.52. The summed E-state index contributed by atoms with van der Waals surface area (Å²) in [4.78, 5) is 15.5. The Morgan fingerprint density at radius 2 is 2.22 bits per heavy atom. The van der Waals surface area contributed by atoms with Gasteiger partial charge >= 0.3 is 0 Å². The summed E-state index contributed by atoms with van der Waals surface area (Å²) in [5.74, 6) is 2.52. The van der Waals surface area contributed by atoms with E-state index >= 15 is 0 Å². The molecule has 0 radical (unpaired) electrons. The van der Waals surface area contributed by atoms with Crippen LogP contribution in [0.15, 0.2) is 60.2 Å². The Bertz CT molecular complexity index is 1170. The minimum absolute atomic E-state index is 0.460. The smallest absolute Gasteiger partial charge is 0.229 e.